The van der Waals surface area contributed by atoms with Crippen molar-refractivity contribution in [2.24, 2.45) is 0 Å². The second-order valence-corrected chi connectivity index (χ2v) is 5.72. The van der Waals surface area contributed by atoms with E-state index in [1.165, 1.54) is 4.90 Å². The molecule has 1 atom stereocenters. The van der Waals surface area contributed by atoms with Gasteiger partial charge in [0.25, 0.3) is 0 Å². The molecule has 2 aromatic rings. The molecule has 0 aliphatic rings. The van der Waals surface area contributed by atoms with E-state index in [2.05, 4.69) is 11.4 Å². The molecule has 0 saturated heterocycles. The minimum atomic E-state index is -0.0294. The van der Waals surface area contributed by atoms with Crippen LogP contribution in [0.2, 0.25) is 0 Å². The highest BCUT2D eigenvalue weighted by Crippen LogP contribution is 2.25. The number of hydrogen-bond donors (Lipinski definition) is 2. The highest BCUT2D eigenvalue weighted by molar-refractivity contribution is 7.98. The van der Waals surface area contributed by atoms with E-state index < -0.39 is 0 Å². The van der Waals surface area contributed by atoms with Crippen LogP contribution in [0.3, 0.4) is 0 Å². The Morgan fingerprint density at radius 1 is 1.19 bits per heavy atom. The van der Waals surface area contributed by atoms with Crippen LogP contribution in [-0.4, -0.2) is 17.3 Å². The molecule has 1 amide bonds. The summed E-state index contributed by atoms with van der Waals surface area (Å²) in [5, 5.41) is 12.3. The summed E-state index contributed by atoms with van der Waals surface area (Å²) in [6.07, 6.45) is 2.34. The van der Waals surface area contributed by atoms with Gasteiger partial charge in [-0.15, -0.1) is 11.8 Å². The number of carbonyl (C=O) groups excluding carboxylic acids is 1. The SMILES string of the molecule is CSc1ccccc1[C@@H](C)NC(=O)Cc1ccc(O)cc1. The van der Waals surface area contributed by atoms with Gasteiger partial charge in [0.2, 0.25) is 5.91 Å². The molecule has 4 heteroatoms. The molecular formula is C17H19NO2S. The van der Waals surface area contributed by atoms with E-state index >= 15 is 0 Å². The largest absolute Gasteiger partial charge is 0.508 e. The average Bonchev–Trinajstić information content (AvgIpc) is 2.49. The molecule has 2 aromatic carbocycles. The lowest BCUT2D eigenvalue weighted by molar-refractivity contribution is -0.121. The highest BCUT2D eigenvalue weighted by Gasteiger charge is 2.13. The van der Waals surface area contributed by atoms with Crippen LogP contribution < -0.4 is 5.32 Å². The minimum Gasteiger partial charge on any atom is -0.508 e. The van der Waals surface area contributed by atoms with Gasteiger partial charge in [0.1, 0.15) is 5.75 Å². The molecule has 0 aliphatic heterocycles. The standard InChI is InChI=1S/C17H19NO2S/c1-12(15-5-3-4-6-16(15)21-2)18-17(20)11-13-7-9-14(19)10-8-13/h3-10,12,19H,11H2,1-2H3,(H,18,20)/t12-/m1/s1. The number of amides is 1. The van der Waals surface area contributed by atoms with Crippen LogP contribution in [0, 0.1) is 0 Å². The summed E-state index contributed by atoms with van der Waals surface area (Å²) in [6.45, 7) is 1.99. The lowest BCUT2D eigenvalue weighted by Crippen LogP contribution is -2.28. The molecule has 110 valence electrons. The van der Waals surface area contributed by atoms with Gasteiger partial charge in [-0.1, -0.05) is 30.3 Å². The Labute approximate surface area is 129 Å². The maximum atomic E-state index is 12.1. The Morgan fingerprint density at radius 2 is 1.86 bits per heavy atom. The first kappa shape index (κ1) is 15.4. The van der Waals surface area contributed by atoms with Crippen LogP contribution in [0.1, 0.15) is 24.1 Å². The van der Waals surface area contributed by atoms with Crippen LogP contribution in [0.15, 0.2) is 53.4 Å². The Balaban J connectivity index is 2.00. The van der Waals surface area contributed by atoms with Crippen molar-refractivity contribution in [3.63, 3.8) is 0 Å². The molecule has 2 N–H and O–H groups in total. The zero-order valence-electron chi connectivity index (χ0n) is 12.2. The molecule has 0 heterocycles. The van der Waals surface area contributed by atoms with E-state index in [1.54, 1.807) is 36.0 Å². The number of phenolic OH excluding ortho intramolecular Hbond substituents is 1. The zero-order chi connectivity index (χ0) is 15.2. The van der Waals surface area contributed by atoms with Gasteiger partial charge < -0.3 is 10.4 Å². The van der Waals surface area contributed by atoms with E-state index in [0.29, 0.717) is 6.42 Å². The minimum absolute atomic E-state index is 0.0240. The third kappa shape index (κ3) is 4.26. The molecule has 0 aliphatic carbocycles. The molecule has 0 fully saturated rings. The second kappa shape index (κ2) is 7.18. The fourth-order valence-corrected chi connectivity index (χ4v) is 2.89. The van der Waals surface area contributed by atoms with Gasteiger partial charge in [0, 0.05) is 4.90 Å². The van der Waals surface area contributed by atoms with Crippen molar-refractivity contribution < 1.29 is 9.90 Å². The second-order valence-electron chi connectivity index (χ2n) is 4.87. The predicted octanol–water partition coefficient (Wildman–Crippen LogP) is 3.53. The highest BCUT2D eigenvalue weighted by atomic mass is 32.2. The molecule has 0 spiro atoms. The lowest BCUT2D eigenvalue weighted by atomic mass is 10.1. The van der Waals surface area contributed by atoms with Crippen molar-refractivity contribution in [2.75, 3.05) is 6.26 Å². The van der Waals surface area contributed by atoms with Gasteiger partial charge in [-0.3, -0.25) is 4.79 Å². The smallest absolute Gasteiger partial charge is 0.224 e. The number of benzene rings is 2. The predicted molar refractivity (Wildman–Crippen MR) is 86.6 cm³/mol. The van der Waals surface area contributed by atoms with Crippen LogP contribution in [0.25, 0.3) is 0 Å². The number of phenols is 1. The lowest BCUT2D eigenvalue weighted by Gasteiger charge is -2.17. The summed E-state index contributed by atoms with van der Waals surface area (Å²) < 4.78 is 0. The maximum absolute atomic E-state index is 12.1. The van der Waals surface area contributed by atoms with Crippen molar-refractivity contribution >= 4 is 17.7 Å². The molecule has 0 unspecified atom stereocenters. The summed E-state index contributed by atoms with van der Waals surface area (Å²) in [5.74, 6) is 0.186. The van der Waals surface area contributed by atoms with Gasteiger partial charge in [0.05, 0.1) is 12.5 Å². The first-order chi connectivity index (χ1) is 10.1. The molecule has 0 aromatic heterocycles. The van der Waals surface area contributed by atoms with Crippen molar-refractivity contribution in [3.05, 3.63) is 59.7 Å². The quantitative estimate of drug-likeness (QED) is 0.831. The number of carbonyl (C=O) groups is 1. The summed E-state index contributed by atoms with van der Waals surface area (Å²) in [5.41, 5.74) is 2.01. The molecule has 0 bridgehead atoms. The van der Waals surface area contributed by atoms with Gasteiger partial charge in [-0.25, -0.2) is 0 Å². The molecule has 0 radical (unpaired) electrons. The van der Waals surface area contributed by atoms with Gasteiger partial charge >= 0.3 is 0 Å². The van der Waals surface area contributed by atoms with Crippen molar-refractivity contribution in [1.29, 1.82) is 0 Å². The van der Waals surface area contributed by atoms with Gasteiger partial charge in [0.15, 0.2) is 0 Å². The first-order valence-electron chi connectivity index (χ1n) is 6.80. The normalized spacial score (nSPS) is 11.9. The first-order valence-corrected chi connectivity index (χ1v) is 8.03. The molecular weight excluding hydrogens is 282 g/mol. The topological polar surface area (TPSA) is 49.3 Å². The van der Waals surface area contributed by atoms with Crippen LogP contribution in [-0.2, 0) is 11.2 Å². The third-order valence-corrected chi connectivity index (χ3v) is 4.10. The van der Waals surface area contributed by atoms with Crippen LogP contribution >= 0.6 is 11.8 Å². The maximum Gasteiger partial charge on any atom is 0.224 e. The number of nitrogens with one attached hydrogen (secondary N) is 1. The Morgan fingerprint density at radius 3 is 2.52 bits per heavy atom. The Bertz CT molecular complexity index is 610. The molecule has 21 heavy (non-hydrogen) atoms. The Kier molecular flexibility index (Phi) is 5.28. The van der Waals surface area contributed by atoms with Crippen LogP contribution in [0.4, 0.5) is 0 Å². The summed E-state index contributed by atoms with van der Waals surface area (Å²) in [7, 11) is 0. The summed E-state index contributed by atoms with van der Waals surface area (Å²) in [6, 6.07) is 14.8. The van der Waals surface area contributed by atoms with E-state index in [-0.39, 0.29) is 17.7 Å². The summed E-state index contributed by atoms with van der Waals surface area (Å²) >= 11 is 1.68. The van der Waals surface area contributed by atoms with Crippen LogP contribution in [0.5, 0.6) is 5.75 Å². The number of thioether (sulfide) groups is 1. The Hall–Kier alpha value is -1.94. The molecule has 3 nitrogen and oxygen atoms in total. The third-order valence-electron chi connectivity index (χ3n) is 3.28. The number of hydrogen-bond acceptors (Lipinski definition) is 3. The fourth-order valence-electron chi connectivity index (χ4n) is 2.19. The monoisotopic (exact) mass is 301 g/mol. The molecule has 2 rings (SSSR count). The van der Waals surface area contributed by atoms with E-state index in [4.69, 9.17) is 0 Å². The zero-order valence-corrected chi connectivity index (χ0v) is 13.0. The molecule has 0 saturated carbocycles. The van der Waals surface area contributed by atoms with Gasteiger partial charge in [-0.05, 0) is 42.5 Å². The number of aromatic hydroxyl groups is 1. The summed E-state index contributed by atoms with van der Waals surface area (Å²) in [4.78, 5) is 13.3. The van der Waals surface area contributed by atoms with Crippen molar-refractivity contribution in [2.45, 2.75) is 24.3 Å². The van der Waals surface area contributed by atoms with Crippen molar-refractivity contribution in [3.8, 4) is 5.75 Å². The average molecular weight is 301 g/mol. The van der Waals surface area contributed by atoms with E-state index in [1.807, 2.05) is 31.4 Å². The van der Waals surface area contributed by atoms with E-state index in [0.717, 1.165) is 11.1 Å². The van der Waals surface area contributed by atoms with Gasteiger partial charge in [-0.2, -0.15) is 0 Å². The fraction of sp³-hybridized carbons (Fsp3) is 0.235. The van der Waals surface area contributed by atoms with E-state index in [9.17, 15) is 9.90 Å². The van der Waals surface area contributed by atoms with Crippen molar-refractivity contribution in [1.82, 2.24) is 5.32 Å². The number of rotatable bonds is 5.